The molecular formula is C21H32IN5O2. The van der Waals surface area contributed by atoms with Gasteiger partial charge in [-0.05, 0) is 18.1 Å². The number of guanidine groups is 1. The van der Waals surface area contributed by atoms with Gasteiger partial charge in [-0.15, -0.1) is 24.0 Å². The number of para-hydroxylation sites is 1. The van der Waals surface area contributed by atoms with E-state index in [9.17, 15) is 0 Å². The molecule has 0 bridgehead atoms. The van der Waals surface area contributed by atoms with E-state index in [1.54, 1.807) is 7.05 Å². The molecule has 1 aliphatic heterocycles. The zero-order valence-electron chi connectivity index (χ0n) is 17.5. The van der Waals surface area contributed by atoms with Gasteiger partial charge in [-0.2, -0.15) is 0 Å². The van der Waals surface area contributed by atoms with E-state index in [0.29, 0.717) is 13.1 Å². The molecule has 0 aliphatic carbocycles. The van der Waals surface area contributed by atoms with E-state index in [4.69, 9.17) is 9.26 Å². The van der Waals surface area contributed by atoms with Crippen molar-refractivity contribution >= 4 is 35.6 Å². The van der Waals surface area contributed by atoms with Crippen molar-refractivity contribution < 1.29 is 9.26 Å². The average Bonchev–Trinajstić information content (AvgIpc) is 3.16. The first-order chi connectivity index (χ1) is 13.8. The number of hydrogen-bond donors (Lipinski definition) is 2. The molecule has 0 radical (unpaired) electrons. The van der Waals surface area contributed by atoms with Crippen molar-refractivity contribution in [1.29, 1.82) is 0 Å². The Bertz CT molecular complexity index is 766. The summed E-state index contributed by atoms with van der Waals surface area (Å²) in [5.41, 5.74) is 4.66. The number of nitrogens with zero attached hydrogens (tertiary/aromatic N) is 3. The molecule has 1 aromatic heterocycles. The monoisotopic (exact) mass is 513 g/mol. The molecule has 160 valence electrons. The van der Waals surface area contributed by atoms with Crippen LogP contribution in [-0.4, -0.2) is 44.5 Å². The fourth-order valence-corrected chi connectivity index (χ4v) is 3.48. The minimum absolute atomic E-state index is 0. The quantitative estimate of drug-likeness (QED) is 0.337. The zero-order valence-corrected chi connectivity index (χ0v) is 19.9. The Kier molecular flexibility index (Phi) is 9.72. The second-order valence-corrected chi connectivity index (χ2v) is 6.75. The van der Waals surface area contributed by atoms with Gasteiger partial charge in [0.1, 0.15) is 5.76 Å². The topological polar surface area (TPSA) is 74.9 Å². The molecule has 8 heteroatoms. The first-order valence-electron chi connectivity index (χ1n) is 10.1. The molecule has 0 unspecified atom stereocenters. The molecule has 0 atom stereocenters. The van der Waals surface area contributed by atoms with Crippen LogP contribution in [0.3, 0.4) is 0 Å². The van der Waals surface area contributed by atoms with Crippen molar-refractivity contribution in [3.8, 4) is 0 Å². The van der Waals surface area contributed by atoms with Gasteiger partial charge in [-0.1, -0.05) is 37.2 Å². The van der Waals surface area contributed by atoms with Crippen molar-refractivity contribution in [1.82, 2.24) is 15.8 Å². The van der Waals surface area contributed by atoms with Crippen molar-refractivity contribution in [2.45, 2.75) is 39.8 Å². The van der Waals surface area contributed by atoms with Gasteiger partial charge in [-0.25, -0.2) is 0 Å². The highest BCUT2D eigenvalue weighted by molar-refractivity contribution is 14.0. The minimum atomic E-state index is 0. The lowest BCUT2D eigenvalue weighted by Crippen LogP contribution is -2.39. The van der Waals surface area contributed by atoms with Crippen LogP contribution in [0, 0.1) is 0 Å². The number of morpholine rings is 1. The van der Waals surface area contributed by atoms with Gasteiger partial charge in [0.05, 0.1) is 18.9 Å². The van der Waals surface area contributed by atoms with E-state index < -0.39 is 0 Å². The maximum Gasteiger partial charge on any atom is 0.191 e. The molecule has 0 amide bonds. The highest BCUT2D eigenvalue weighted by Crippen LogP contribution is 2.21. The second kappa shape index (κ2) is 12.0. The number of nitrogens with one attached hydrogen (secondary N) is 2. The number of aromatic nitrogens is 1. The summed E-state index contributed by atoms with van der Waals surface area (Å²) in [4.78, 5) is 6.75. The summed E-state index contributed by atoms with van der Waals surface area (Å²) in [5.74, 6) is 1.71. The number of halogens is 1. The Hall–Kier alpha value is -1.81. The van der Waals surface area contributed by atoms with E-state index >= 15 is 0 Å². The Morgan fingerprint density at radius 3 is 2.52 bits per heavy atom. The molecule has 1 fully saturated rings. The molecule has 1 saturated heterocycles. The standard InChI is InChI=1S/C21H31N5O2.HI/c1-4-18-17(20(5-2)28-25-18)15-24-21(22-3)23-14-16-8-6-7-9-19(16)26-10-12-27-13-11-26;/h6-9H,4-5,10-15H2,1-3H3,(H2,22,23,24);1H. The van der Waals surface area contributed by atoms with E-state index in [2.05, 4.69) is 63.8 Å². The van der Waals surface area contributed by atoms with Crippen LogP contribution in [0.15, 0.2) is 33.8 Å². The molecule has 1 aromatic carbocycles. The Balaban J connectivity index is 0.00000300. The summed E-state index contributed by atoms with van der Waals surface area (Å²) in [6.45, 7) is 8.95. The summed E-state index contributed by atoms with van der Waals surface area (Å²) in [6, 6.07) is 8.51. The van der Waals surface area contributed by atoms with Gasteiger partial charge in [0.2, 0.25) is 0 Å². The second-order valence-electron chi connectivity index (χ2n) is 6.75. The molecular weight excluding hydrogens is 481 g/mol. The normalized spacial score (nSPS) is 14.4. The van der Waals surface area contributed by atoms with Crippen LogP contribution >= 0.6 is 24.0 Å². The Morgan fingerprint density at radius 2 is 1.83 bits per heavy atom. The lowest BCUT2D eigenvalue weighted by molar-refractivity contribution is 0.122. The molecule has 29 heavy (non-hydrogen) atoms. The molecule has 7 nitrogen and oxygen atoms in total. The van der Waals surface area contributed by atoms with Gasteiger partial charge in [-0.3, -0.25) is 4.99 Å². The molecule has 3 rings (SSSR count). The summed E-state index contributed by atoms with van der Waals surface area (Å²) in [7, 11) is 1.79. The third kappa shape index (κ3) is 6.08. The maximum absolute atomic E-state index is 5.48. The maximum atomic E-state index is 5.48. The SMILES string of the molecule is CCc1noc(CC)c1CNC(=NC)NCc1ccccc1N1CCOCC1.I. The van der Waals surface area contributed by atoms with E-state index in [-0.39, 0.29) is 24.0 Å². The fraction of sp³-hybridized carbons (Fsp3) is 0.524. The fourth-order valence-electron chi connectivity index (χ4n) is 3.48. The number of benzene rings is 1. The number of aliphatic imine (C=N–C) groups is 1. The number of anilines is 1. The van der Waals surface area contributed by atoms with Crippen LogP contribution < -0.4 is 15.5 Å². The highest BCUT2D eigenvalue weighted by atomic mass is 127. The Morgan fingerprint density at radius 1 is 1.10 bits per heavy atom. The summed E-state index contributed by atoms with van der Waals surface area (Å²) in [5, 5.41) is 11.0. The highest BCUT2D eigenvalue weighted by Gasteiger charge is 2.16. The molecule has 0 spiro atoms. The Labute approximate surface area is 190 Å². The lowest BCUT2D eigenvalue weighted by atomic mass is 10.1. The van der Waals surface area contributed by atoms with E-state index in [1.165, 1.54) is 11.3 Å². The minimum Gasteiger partial charge on any atom is -0.378 e. The molecule has 2 N–H and O–H groups in total. The van der Waals surface area contributed by atoms with Crippen molar-refractivity contribution in [3.63, 3.8) is 0 Å². The smallest absolute Gasteiger partial charge is 0.191 e. The number of ether oxygens (including phenoxy) is 1. The van der Waals surface area contributed by atoms with E-state index in [1.807, 2.05) is 0 Å². The first-order valence-corrected chi connectivity index (χ1v) is 10.1. The first kappa shape index (κ1) is 23.5. The summed E-state index contributed by atoms with van der Waals surface area (Å²) < 4.78 is 10.9. The van der Waals surface area contributed by atoms with Crippen LogP contribution in [0.4, 0.5) is 5.69 Å². The molecule has 1 aliphatic rings. The van der Waals surface area contributed by atoms with Crippen LogP contribution in [0.25, 0.3) is 0 Å². The van der Waals surface area contributed by atoms with Crippen molar-refractivity contribution in [2.75, 3.05) is 38.3 Å². The largest absolute Gasteiger partial charge is 0.378 e. The zero-order chi connectivity index (χ0) is 19.8. The predicted octanol–water partition coefficient (Wildman–Crippen LogP) is 3.12. The van der Waals surface area contributed by atoms with Gasteiger partial charge >= 0.3 is 0 Å². The number of hydrogen-bond acceptors (Lipinski definition) is 5. The summed E-state index contributed by atoms with van der Waals surface area (Å²) >= 11 is 0. The number of aryl methyl sites for hydroxylation is 2. The van der Waals surface area contributed by atoms with Gasteiger partial charge in [0.25, 0.3) is 0 Å². The van der Waals surface area contributed by atoms with Gasteiger partial charge in [0, 0.05) is 50.9 Å². The van der Waals surface area contributed by atoms with E-state index in [0.717, 1.165) is 62.1 Å². The third-order valence-corrected chi connectivity index (χ3v) is 5.05. The number of rotatable bonds is 7. The third-order valence-electron chi connectivity index (χ3n) is 5.05. The van der Waals surface area contributed by atoms with Crippen LogP contribution in [0.1, 0.15) is 36.4 Å². The predicted molar refractivity (Wildman–Crippen MR) is 127 cm³/mol. The molecule has 2 heterocycles. The van der Waals surface area contributed by atoms with Crippen molar-refractivity contribution in [3.05, 3.63) is 46.8 Å². The van der Waals surface area contributed by atoms with Crippen LogP contribution in [-0.2, 0) is 30.7 Å². The molecule has 0 saturated carbocycles. The lowest BCUT2D eigenvalue weighted by Gasteiger charge is -2.30. The van der Waals surface area contributed by atoms with Gasteiger partial charge < -0.3 is 24.8 Å². The summed E-state index contributed by atoms with van der Waals surface area (Å²) in [6.07, 6.45) is 1.70. The van der Waals surface area contributed by atoms with Crippen LogP contribution in [0.2, 0.25) is 0 Å². The average molecular weight is 513 g/mol. The van der Waals surface area contributed by atoms with Crippen molar-refractivity contribution in [2.24, 2.45) is 4.99 Å². The van der Waals surface area contributed by atoms with Gasteiger partial charge in [0.15, 0.2) is 5.96 Å². The van der Waals surface area contributed by atoms with Crippen LogP contribution in [0.5, 0.6) is 0 Å². The molecule has 2 aromatic rings.